The lowest BCUT2D eigenvalue weighted by Crippen LogP contribution is -2.15. The van der Waals surface area contributed by atoms with E-state index >= 15 is 0 Å². The van der Waals surface area contributed by atoms with Crippen molar-refractivity contribution in [1.82, 2.24) is 15.0 Å². The van der Waals surface area contributed by atoms with Gasteiger partial charge in [0.25, 0.3) is 0 Å². The predicted molar refractivity (Wildman–Crippen MR) is 72.6 cm³/mol. The van der Waals surface area contributed by atoms with Crippen LogP contribution in [0.25, 0.3) is 0 Å². The number of nitrogens with two attached hydrogens (primary N) is 1. The summed E-state index contributed by atoms with van der Waals surface area (Å²) in [5.41, 5.74) is 5.88. The molecule has 0 spiro atoms. The Hall–Kier alpha value is -1.59. The van der Waals surface area contributed by atoms with Crippen LogP contribution in [0.1, 0.15) is 40.5 Å². The van der Waals surface area contributed by atoms with Crippen LogP contribution in [0.15, 0.2) is 0 Å². The molecule has 6 nitrogen and oxygen atoms in total. The lowest BCUT2D eigenvalue weighted by atomic mass is 9.92. The quantitative estimate of drug-likeness (QED) is 0.807. The molecule has 1 rings (SSSR count). The fourth-order valence-corrected chi connectivity index (χ4v) is 1.26. The molecular weight excluding hydrogens is 230 g/mol. The molecule has 1 aromatic rings. The van der Waals surface area contributed by atoms with E-state index in [0.717, 1.165) is 19.4 Å². The molecule has 0 radical (unpaired) electrons. The van der Waals surface area contributed by atoms with Crippen molar-refractivity contribution >= 4 is 11.9 Å². The van der Waals surface area contributed by atoms with Crippen LogP contribution in [0.5, 0.6) is 6.01 Å². The van der Waals surface area contributed by atoms with Gasteiger partial charge in [-0.25, -0.2) is 0 Å². The van der Waals surface area contributed by atoms with E-state index in [0.29, 0.717) is 12.6 Å². The van der Waals surface area contributed by atoms with Gasteiger partial charge in [-0.05, 0) is 18.3 Å². The van der Waals surface area contributed by atoms with E-state index in [9.17, 15) is 0 Å². The van der Waals surface area contributed by atoms with Crippen molar-refractivity contribution in [2.45, 2.75) is 40.5 Å². The topological polar surface area (TPSA) is 86.0 Å². The van der Waals surface area contributed by atoms with Crippen molar-refractivity contribution in [2.75, 3.05) is 24.2 Å². The summed E-state index contributed by atoms with van der Waals surface area (Å²) in [6.45, 7) is 9.95. The Labute approximate surface area is 108 Å². The molecule has 0 bridgehead atoms. The summed E-state index contributed by atoms with van der Waals surface area (Å²) in [5, 5.41) is 3.14. The summed E-state index contributed by atoms with van der Waals surface area (Å²) < 4.78 is 5.34. The highest BCUT2D eigenvalue weighted by molar-refractivity contribution is 5.32. The summed E-state index contributed by atoms with van der Waals surface area (Å²) >= 11 is 0. The van der Waals surface area contributed by atoms with Crippen molar-refractivity contribution in [2.24, 2.45) is 5.41 Å². The first-order chi connectivity index (χ1) is 8.40. The van der Waals surface area contributed by atoms with Gasteiger partial charge in [0.15, 0.2) is 0 Å². The minimum absolute atomic E-state index is 0.175. The maximum Gasteiger partial charge on any atom is 0.323 e. The highest BCUT2D eigenvalue weighted by atomic mass is 16.5. The molecule has 0 saturated heterocycles. The minimum Gasteiger partial charge on any atom is -0.463 e. The van der Waals surface area contributed by atoms with E-state index in [1.807, 2.05) is 6.92 Å². The average Bonchev–Trinajstić information content (AvgIpc) is 2.24. The van der Waals surface area contributed by atoms with Gasteiger partial charge in [0.2, 0.25) is 11.9 Å². The van der Waals surface area contributed by atoms with Crippen LogP contribution >= 0.6 is 0 Å². The first-order valence-electron chi connectivity index (χ1n) is 6.29. The molecule has 1 aromatic heterocycles. The number of nitrogen functional groups attached to an aromatic ring is 1. The number of anilines is 2. The highest BCUT2D eigenvalue weighted by Gasteiger charge is 2.10. The zero-order valence-electron chi connectivity index (χ0n) is 11.7. The minimum atomic E-state index is 0.175. The molecule has 102 valence electrons. The van der Waals surface area contributed by atoms with Crippen LogP contribution in [0.3, 0.4) is 0 Å². The maximum atomic E-state index is 5.61. The van der Waals surface area contributed by atoms with Crippen molar-refractivity contribution in [3.05, 3.63) is 0 Å². The summed E-state index contributed by atoms with van der Waals surface area (Å²) in [6.07, 6.45) is 1.92. The Kier molecular flexibility index (Phi) is 5.12. The van der Waals surface area contributed by atoms with E-state index in [1.54, 1.807) is 0 Å². The van der Waals surface area contributed by atoms with Gasteiger partial charge in [0, 0.05) is 6.54 Å². The molecule has 0 unspecified atom stereocenters. The highest BCUT2D eigenvalue weighted by Crippen LogP contribution is 2.18. The Morgan fingerprint density at radius 1 is 1.22 bits per heavy atom. The van der Waals surface area contributed by atoms with Crippen LogP contribution in [-0.4, -0.2) is 28.1 Å². The number of hydrogen-bond acceptors (Lipinski definition) is 6. The monoisotopic (exact) mass is 253 g/mol. The number of hydrogen-bond donors (Lipinski definition) is 2. The largest absolute Gasteiger partial charge is 0.463 e. The summed E-state index contributed by atoms with van der Waals surface area (Å²) in [6, 6.07) is 0.280. The van der Waals surface area contributed by atoms with Crippen molar-refractivity contribution in [3.63, 3.8) is 0 Å². The molecule has 3 N–H and O–H groups in total. The second kappa shape index (κ2) is 6.37. The van der Waals surface area contributed by atoms with Crippen LogP contribution in [0.4, 0.5) is 11.9 Å². The van der Waals surface area contributed by atoms with Crippen LogP contribution in [0.2, 0.25) is 0 Å². The molecule has 6 heteroatoms. The molecule has 0 saturated carbocycles. The third kappa shape index (κ3) is 5.65. The second-order valence-electron chi connectivity index (χ2n) is 5.39. The van der Waals surface area contributed by atoms with Crippen LogP contribution in [0, 0.1) is 5.41 Å². The molecule has 18 heavy (non-hydrogen) atoms. The number of nitrogens with zero attached hydrogens (tertiary/aromatic N) is 3. The third-order valence-corrected chi connectivity index (χ3v) is 2.23. The first kappa shape index (κ1) is 14.5. The first-order valence-corrected chi connectivity index (χ1v) is 6.29. The Morgan fingerprint density at radius 3 is 2.56 bits per heavy atom. The number of rotatable bonds is 6. The smallest absolute Gasteiger partial charge is 0.323 e. The fourth-order valence-electron chi connectivity index (χ4n) is 1.26. The Morgan fingerprint density at radius 2 is 1.94 bits per heavy atom. The van der Waals surface area contributed by atoms with Crippen molar-refractivity contribution < 1.29 is 4.74 Å². The average molecular weight is 253 g/mol. The van der Waals surface area contributed by atoms with Crippen molar-refractivity contribution in [3.8, 4) is 6.01 Å². The Balaban J connectivity index is 2.57. The summed E-state index contributed by atoms with van der Waals surface area (Å²) in [4.78, 5) is 12.1. The van der Waals surface area contributed by atoms with Gasteiger partial charge in [0.1, 0.15) is 0 Å². The van der Waals surface area contributed by atoms with E-state index in [2.05, 4.69) is 41.0 Å². The number of aromatic nitrogens is 3. The van der Waals surface area contributed by atoms with Crippen molar-refractivity contribution in [1.29, 1.82) is 0 Å². The standard InChI is InChI=1S/C12H23N5O/c1-5-8-18-11-16-9(13)15-10(17-11)14-7-6-12(2,3)4/h5-8H2,1-4H3,(H3,13,14,15,16,17). The molecule has 0 aliphatic carbocycles. The van der Waals surface area contributed by atoms with E-state index in [1.165, 1.54) is 0 Å². The summed E-state index contributed by atoms with van der Waals surface area (Å²) in [7, 11) is 0. The van der Waals surface area contributed by atoms with E-state index < -0.39 is 0 Å². The maximum absolute atomic E-state index is 5.61. The van der Waals surface area contributed by atoms with Crippen LogP contribution < -0.4 is 15.8 Å². The van der Waals surface area contributed by atoms with Crippen LogP contribution in [-0.2, 0) is 0 Å². The van der Waals surface area contributed by atoms with E-state index in [4.69, 9.17) is 10.5 Å². The summed E-state index contributed by atoms with van der Waals surface area (Å²) in [5.74, 6) is 0.646. The molecule has 1 heterocycles. The lowest BCUT2D eigenvalue weighted by molar-refractivity contribution is 0.292. The molecular formula is C12H23N5O. The van der Waals surface area contributed by atoms with Gasteiger partial charge in [0.05, 0.1) is 6.61 Å². The zero-order chi connectivity index (χ0) is 13.6. The van der Waals surface area contributed by atoms with Gasteiger partial charge >= 0.3 is 6.01 Å². The molecule has 0 atom stereocenters. The van der Waals surface area contributed by atoms with Gasteiger partial charge in [-0.2, -0.15) is 15.0 Å². The number of nitrogens with one attached hydrogen (secondary N) is 1. The second-order valence-corrected chi connectivity index (χ2v) is 5.39. The lowest BCUT2D eigenvalue weighted by Gasteiger charge is -2.18. The van der Waals surface area contributed by atoms with Gasteiger partial charge in [-0.1, -0.05) is 27.7 Å². The van der Waals surface area contributed by atoms with Gasteiger partial charge in [-0.3, -0.25) is 0 Å². The van der Waals surface area contributed by atoms with Gasteiger partial charge < -0.3 is 15.8 Å². The SMILES string of the molecule is CCCOc1nc(N)nc(NCCC(C)(C)C)n1. The Bertz CT molecular complexity index is 375. The molecule has 0 aliphatic rings. The zero-order valence-corrected chi connectivity index (χ0v) is 11.7. The van der Waals surface area contributed by atoms with E-state index in [-0.39, 0.29) is 17.4 Å². The molecule has 0 aromatic carbocycles. The third-order valence-electron chi connectivity index (χ3n) is 2.23. The van der Waals surface area contributed by atoms with Gasteiger partial charge in [-0.15, -0.1) is 0 Å². The molecule has 0 aliphatic heterocycles. The fraction of sp³-hybridized carbons (Fsp3) is 0.750. The normalized spacial score (nSPS) is 11.3. The molecule has 0 fully saturated rings. The number of ether oxygens (including phenoxy) is 1. The predicted octanol–water partition coefficient (Wildman–Crippen LogP) is 2.09. The molecule has 0 amide bonds.